The van der Waals surface area contributed by atoms with Crippen LogP contribution in [0.2, 0.25) is 0 Å². The van der Waals surface area contributed by atoms with E-state index in [-0.39, 0.29) is 30.4 Å². The summed E-state index contributed by atoms with van der Waals surface area (Å²) < 4.78 is 5.66. The fourth-order valence-electron chi connectivity index (χ4n) is 2.65. The highest BCUT2D eigenvalue weighted by Crippen LogP contribution is 2.30. The van der Waals surface area contributed by atoms with E-state index in [1.807, 2.05) is 0 Å². The molecule has 4 nitrogen and oxygen atoms in total. The molecule has 96 valence electrons. The third-order valence-electron chi connectivity index (χ3n) is 2.89. The number of rotatable bonds is 4. The molecule has 0 saturated carbocycles. The molecular weight excluding hydrogens is 206 g/mol. The minimum Gasteiger partial charge on any atom is -0.394 e. The molecule has 1 aliphatic rings. The molecule has 1 unspecified atom stereocenters. The second kappa shape index (κ2) is 5.00. The van der Waals surface area contributed by atoms with Crippen LogP contribution in [0.15, 0.2) is 0 Å². The molecule has 1 aliphatic heterocycles. The summed E-state index contributed by atoms with van der Waals surface area (Å²) in [5, 5.41) is 21.6. The van der Waals surface area contributed by atoms with E-state index in [1.165, 1.54) is 0 Å². The van der Waals surface area contributed by atoms with E-state index in [4.69, 9.17) is 9.84 Å². The van der Waals surface area contributed by atoms with E-state index >= 15 is 0 Å². The number of nitrogens with one attached hydrogen (secondary N) is 1. The summed E-state index contributed by atoms with van der Waals surface area (Å²) in [6.45, 7) is 8.62. The third-order valence-corrected chi connectivity index (χ3v) is 2.89. The lowest BCUT2D eigenvalue weighted by atomic mass is 9.81. The Hall–Kier alpha value is -0.160. The first-order valence-electron chi connectivity index (χ1n) is 5.94. The van der Waals surface area contributed by atoms with Crippen LogP contribution in [-0.4, -0.2) is 46.7 Å². The van der Waals surface area contributed by atoms with Crippen molar-refractivity contribution in [2.24, 2.45) is 0 Å². The lowest BCUT2D eigenvalue weighted by Crippen LogP contribution is -2.59. The number of piperidine rings is 1. The molecule has 0 bridgehead atoms. The van der Waals surface area contributed by atoms with Crippen molar-refractivity contribution < 1.29 is 14.9 Å². The SMILES string of the molecule is CC1(C)CC(OCC(O)CO)CC(C)(C)N1. The topological polar surface area (TPSA) is 61.7 Å². The maximum atomic E-state index is 9.26. The maximum Gasteiger partial charge on any atom is 0.100 e. The molecule has 1 atom stereocenters. The zero-order chi connectivity index (χ0) is 12.4. The molecule has 1 heterocycles. The zero-order valence-electron chi connectivity index (χ0n) is 10.8. The quantitative estimate of drug-likeness (QED) is 0.665. The zero-order valence-corrected chi connectivity index (χ0v) is 10.8. The Morgan fingerprint density at radius 3 is 2.19 bits per heavy atom. The van der Waals surface area contributed by atoms with Crippen LogP contribution in [-0.2, 0) is 4.74 Å². The Balaban J connectivity index is 2.48. The lowest BCUT2D eigenvalue weighted by molar-refractivity contribution is -0.0645. The predicted molar refractivity (Wildman–Crippen MR) is 63.4 cm³/mol. The smallest absolute Gasteiger partial charge is 0.100 e. The lowest BCUT2D eigenvalue weighted by Gasteiger charge is -2.46. The number of aliphatic hydroxyl groups excluding tert-OH is 2. The van der Waals surface area contributed by atoms with Crippen molar-refractivity contribution in [3.05, 3.63) is 0 Å². The highest BCUT2D eigenvalue weighted by atomic mass is 16.5. The van der Waals surface area contributed by atoms with Gasteiger partial charge < -0.3 is 20.3 Å². The normalized spacial score (nSPS) is 26.6. The van der Waals surface area contributed by atoms with Crippen LogP contribution in [0.5, 0.6) is 0 Å². The Morgan fingerprint density at radius 2 is 1.75 bits per heavy atom. The molecule has 0 radical (unpaired) electrons. The molecule has 1 saturated heterocycles. The summed E-state index contributed by atoms with van der Waals surface area (Å²) in [6.07, 6.45) is 1.23. The van der Waals surface area contributed by atoms with E-state index in [9.17, 15) is 5.11 Å². The van der Waals surface area contributed by atoms with E-state index in [0.29, 0.717) is 0 Å². The van der Waals surface area contributed by atoms with Gasteiger partial charge in [0.15, 0.2) is 0 Å². The van der Waals surface area contributed by atoms with E-state index in [2.05, 4.69) is 33.0 Å². The van der Waals surface area contributed by atoms with Crippen molar-refractivity contribution in [3.8, 4) is 0 Å². The van der Waals surface area contributed by atoms with Crippen LogP contribution < -0.4 is 5.32 Å². The van der Waals surface area contributed by atoms with Gasteiger partial charge in [0.1, 0.15) is 6.10 Å². The minimum atomic E-state index is -0.763. The standard InChI is InChI=1S/C12H25NO3/c1-11(2)5-10(6-12(3,4)13-11)16-8-9(15)7-14/h9-10,13-15H,5-8H2,1-4H3. The molecule has 4 heteroatoms. The summed E-state index contributed by atoms with van der Waals surface area (Å²) in [5.41, 5.74) is 0.104. The largest absolute Gasteiger partial charge is 0.394 e. The van der Waals surface area contributed by atoms with Crippen molar-refractivity contribution >= 4 is 0 Å². The summed E-state index contributed by atoms with van der Waals surface area (Å²) in [5.74, 6) is 0. The maximum absolute atomic E-state index is 9.26. The van der Waals surface area contributed by atoms with Gasteiger partial charge in [0, 0.05) is 11.1 Å². The van der Waals surface area contributed by atoms with Gasteiger partial charge in [-0.3, -0.25) is 0 Å². The van der Waals surface area contributed by atoms with Gasteiger partial charge in [-0.25, -0.2) is 0 Å². The molecule has 0 spiro atoms. The van der Waals surface area contributed by atoms with Crippen LogP contribution in [0, 0.1) is 0 Å². The average molecular weight is 231 g/mol. The van der Waals surface area contributed by atoms with Gasteiger partial charge in [-0.2, -0.15) is 0 Å². The van der Waals surface area contributed by atoms with E-state index in [1.54, 1.807) is 0 Å². The van der Waals surface area contributed by atoms with Crippen molar-refractivity contribution in [1.82, 2.24) is 5.32 Å². The van der Waals surface area contributed by atoms with Crippen LogP contribution in [0.3, 0.4) is 0 Å². The molecule has 16 heavy (non-hydrogen) atoms. The Labute approximate surface area is 98.0 Å². The fraction of sp³-hybridized carbons (Fsp3) is 1.00. The fourth-order valence-corrected chi connectivity index (χ4v) is 2.65. The third kappa shape index (κ3) is 4.37. The van der Waals surface area contributed by atoms with Crippen LogP contribution in [0.1, 0.15) is 40.5 Å². The number of ether oxygens (including phenoxy) is 1. The van der Waals surface area contributed by atoms with Crippen molar-refractivity contribution in [1.29, 1.82) is 0 Å². The molecule has 0 amide bonds. The van der Waals surface area contributed by atoms with Gasteiger partial charge in [-0.05, 0) is 40.5 Å². The Morgan fingerprint density at radius 1 is 1.25 bits per heavy atom. The summed E-state index contributed by atoms with van der Waals surface area (Å²) in [4.78, 5) is 0. The van der Waals surface area contributed by atoms with Gasteiger partial charge in [0.25, 0.3) is 0 Å². The monoisotopic (exact) mass is 231 g/mol. The Bertz CT molecular complexity index is 212. The number of aliphatic hydroxyl groups is 2. The first kappa shape index (κ1) is 13.9. The highest BCUT2D eigenvalue weighted by molar-refractivity contribution is 4.97. The molecule has 1 rings (SSSR count). The molecule has 0 aromatic carbocycles. The Kier molecular flexibility index (Phi) is 4.35. The second-order valence-electron chi connectivity index (χ2n) is 6.09. The predicted octanol–water partition coefficient (Wildman–Crippen LogP) is 0.665. The molecule has 0 aromatic rings. The van der Waals surface area contributed by atoms with Crippen LogP contribution >= 0.6 is 0 Å². The van der Waals surface area contributed by atoms with E-state index < -0.39 is 6.10 Å². The van der Waals surface area contributed by atoms with Crippen molar-refractivity contribution in [2.75, 3.05) is 13.2 Å². The molecule has 0 aromatic heterocycles. The average Bonchev–Trinajstić information content (AvgIpc) is 2.09. The summed E-state index contributed by atoms with van der Waals surface area (Å²) in [6, 6.07) is 0. The van der Waals surface area contributed by atoms with Gasteiger partial charge in [0.05, 0.1) is 19.3 Å². The molecule has 3 N–H and O–H groups in total. The van der Waals surface area contributed by atoms with Gasteiger partial charge in [-0.1, -0.05) is 0 Å². The first-order valence-corrected chi connectivity index (χ1v) is 5.94. The number of hydrogen-bond donors (Lipinski definition) is 3. The first-order chi connectivity index (χ1) is 7.24. The van der Waals surface area contributed by atoms with Crippen molar-refractivity contribution in [2.45, 2.75) is 63.8 Å². The second-order valence-corrected chi connectivity index (χ2v) is 6.09. The number of hydrogen-bond acceptors (Lipinski definition) is 4. The van der Waals surface area contributed by atoms with Gasteiger partial charge in [-0.15, -0.1) is 0 Å². The minimum absolute atomic E-state index is 0.0522. The summed E-state index contributed by atoms with van der Waals surface area (Å²) in [7, 11) is 0. The van der Waals surface area contributed by atoms with E-state index in [0.717, 1.165) is 12.8 Å². The van der Waals surface area contributed by atoms with Crippen molar-refractivity contribution in [3.63, 3.8) is 0 Å². The molecule has 1 fully saturated rings. The van der Waals surface area contributed by atoms with Gasteiger partial charge in [0.2, 0.25) is 0 Å². The van der Waals surface area contributed by atoms with Crippen LogP contribution in [0.25, 0.3) is 0 Å². The molecular formula is C12H25NO3. The summed E-state index contributed by atoms with van der Waals surface area (Å²) >= 11 is 0. The van der Waals surface area contributed by atoms with Gasteiger partial charge >= 0.3 is 0 Å². The molecule has 0 aliphatic carbocycles. The highest BCUT2D eigenvalue weighted by Gasteiger charge is 2.38. The van der Waals surface area contributed by atoms with Crippen LogP contribution in [0.4, 0.5) is 0 Å².